The highest BCUT2D eigenvalue weighted by Gasteiger charge is 2.33. The van der Waals surface area contributed by atoms with Crippen LogP contribution in [0.25, 0.3) is 11.4 Å². The SMILES string of the molecule is CCCCN(CC(=O)N1CCCCC1c1nc(-c2cccc(Cl)c2)no1)C(=O)CCC. The van der Waals surface area contributed by atoms with E-state index in [1.807, 2.05) is 19.1 Å². The summed E-state index contributed by atoms with van der Waals surface area (Å²) in [6, 6.07) is 7.01. The normalized spacial score (nSPS) is 16.4. The topological polar surface area (TPSA) is 79.5 Å². The lowest BCUT2D eigenvalue weighted by molar-refractivity contribution is -0.143. The number of carbonyl (C=O) groups is 2. The van der Waals surface area contributed by atoms with Crippen LogP contribution in [0, 0.1) is 0 Å². The standard InChI is InChI=1S/C23H31ClN4O3/c1-3-5-13-27(20(29)9-4-2)16-21(30)28-14-7-6-12-19(28)23-25-22(26-31-23)17-10-8-11-18(24)15-17/h8,10-11,15,19H,3-7,9,12-14,16H2,1-2H3. The minimum absolute atomic E-state index is 0.0406. The molecule has 31 heavy (non-hydrogen) atoms. The third-order valence-electron chi connectivity index (χ3n) is 5.56. The zero-order chi connectivity index (χ0) is 22.2. The fraction of sp³-hybridized carbons (Fsp3) is 0.565. The van der Waals surface area contributed by atoms with Gasteiger partial charge in [-0.25, -0.2) is 0 Å². The predicted molar refractivity (Wildman–Crippen MR) is 119 cm³/mol. The summed E-state index contributed by atoms with van der Waals surface area (Å²) in [6.45, 7) is 5.40. The number of unbranched alkanes of at least 4 members (excludes halogenated alkanes) is 1. The van der Waals surface area contributed by atoms with E-state index >= 15 is 0 Å². The van der Waals surface area contributed by atoms with Crippen LogP contribution in [-0.4, -0.2) is 51.4 Å². The van der Waals surface area contributed by atoms with E-state index in [4.69, 9.17) is 16.1 Å². The predicted octanol–water partition coefficient (Wildman–Crippen LogP) is 4.87. The van der Waals surface area contributed by atoms with E-state index in [9.17, 15) is 9.59 Å². The Morgan fingerprint density at radius 2 is 2.10 bits per heavy atom. The van der Waals surface area contributed by atoms with Crippen LogP contribution in [0.4, 0.5) is 0 Å². The number of aromatic nitrogens is 2. The number of amides is 2. The zero-order valence-corrected chi connectivity index (χ0v) is 19.1. The van der Waals surface area contributed by atoms with Gasteiger partial charge >= 0.3 is 0 Å². The molecule has 1 fully saturated rings. The average Bonchev–Trinajstić information content (AvgIpc) is 3.27. The molecule has 1 unspecified atom stereocenters. The Labute approximate surface area is 188 Å². The van der Waals surface area contributed by atoms with Crippen molar-refractivity contribution in [1.29, 1.82) is 0 Å². The summed E-state index contributed by atoms with van der Waals surface area (Å²) in [4.78, 5) is 33.8. The van der Waals surface area contributed by atoms with Crippen molar-refractivity contribution >= 4 is 23.4 Å². The molecule has 0 radical (unpaired) electrons. The van der Waals surface area contributed by atoms with Crippen LogP contribution in [0.2, 0.25) is 5.02 Å². The van der Waals surface area contributed by atoms with Crippen LogP contribution < -0.4 is 0 Å². The lowest BCUT2D eigenvalue weighted by atomic mass is 10.0. The van der Waals surface area contributed by atoms with Gasteiger partial charge in [0.25, 0.3) is 0 Å². The van der Waals surface area contributed by atoms with Gasteiger partial charge in [0.1, 0.15) is 6.04 Å². The molecular formula is C23H31ClN4O3. The number of halogens is 1. The zero-order valence-electron chi connectivity index (χ0n) is 18.3. The van der Waals surface area contributed by atoms with Crippen LogP contribution in [-0.2, 0) is 9.59 Å². The quantitative estimate of drug-likeness (QED) is 0.548. The Morgan fingerprint density at radius 1 is 1.26 bits per heavy atom. The van der Waals surface area contributed by atoms with Crippen LogP contribution in [0.15, 0.2) is 28.8 Å². The number of nitrogens with zero attached hydrogens (tertiary/aromatic N) is 4. The van der Waals surface area contributed by atoms with E-state index in [2.05, 4.69) is 17.1 Å². The molecule has 1 aromatic carbocycles. The Morgan fingerprint density at radius 3 is 2.84 bits per heavy atom. The van der Waals surface area contributed by atoms with E-state index in [0.29, 0.717) is 36.2 Å². The molecule has 1 saturated heterocycles. The summed E-state index contributed by atoms with van der Waals surface area (Å²) < 4.78 is 5.56. The summed E-state index contributed by atoms with van der Waals surface area (Å²) in [5, 5.41) is 4.70. The average molecular weight is 447 g/mol. The van der Waals surface area contributed by atoms with Gasteiger partial charge in [0.15, 0.2) is 0 Å². The van der Waals surface area contributed by atoms with Gasteiger partial charge in [-0.3, -0.25) is 9.59 Å². The van der Waals surface area contributed by atoms with Gasteiger partial charge in [-0.15, -0.1) is 0 Å². The highest BCUT2D eigenvalue weighted by atomic mass is 35.5. The molecule has 0 bridgehead atoms. The fourth-order valence-corrected chi connectivity index (χ4v) is 4.06. The summed E-state index contributed by atoms with van der Waals surface area (Å²) >= 11 is 6.08. The van der Waals surface area contributed by atoms with E-state index in [1.165, 1.54) is 0 Å². The number of hydrogen-bond acceptors (Lipinski definition) is 5. The first-order chi connectivity index (χ1) is 15.0. The van der Waals surface area contributed by atoms with E-state index in [1.54, 1.807) is 21.9 Å². The number of piperidine rings is 1. The Bertz CT molecular complexity index is 885. The molecule has 2 heterocycles. The summed E-state index contributed by atoms with van der Waals surface area (Å²) in [7, 11) is 0. The molecule has 1 atom stereocenters. The smallest absolute Gasteiger partial charge is 0.249 e. The monoisotopic (exact) mass is 446 g/mol. The summed E-state index contributed by atoms with van der Waals surface area (Å²) in [5.41, 5.74) is 0.770. The van der Waals surface area contributed by atoms with Gasteiger partial charge in [0.05, 0.1) is 6.54 Å². The van der Waals surface area contributed by atoms with Gasteiger partial charge in [-0.05, 0) is 44.2 Å². The maximum atomic E-state index is 13.2. The molecule has 1 aliphatic rings. The van der Waals surface area contributed by atoms with Gasteiger partial charge in [-0.1, -0.05) is 49.2 Å². The van der Waals surface area contributed by atoms with Crippen molar-refractivity contribution in [2.75, 3.05) is 19.6 Å². The van der Waals surface area contributed by atoms with Crippen LogP contribution in [0.3, 0.4) is 0 Å². The second-order valence-corrected chi connectivity index (χ2v) is 8.42. The maximum Gasteiger partial charge on any atom is 0.249 e. The first-order valence-corrected chi connectivity index (χ1v) is 11.6. The lowest BCUT2D eigenvalue weighted by Gasteiger charge is -2.35. The van der Waals surface area contributed by atoms with Crippen molar-refractivity contribution in [3.8, 4) is 11.4 Å². The largest absolute Gasteiger partial charge is 0.337 e. The minimum Gasteiger partial charge on any atom is -0.337 e. The van der Waals surface area contributed by atoms with Crippen molar-refractivity contribution in [3.05, 3.63) is 35.2 Å². The fourth-order valence-electron chi connectivity index (χ4n) is 3.87. The lowest BCUT2D eigenvalue weighted by Crippen LogP contribution is -2.46. The molecule has 7 nitrogen and oxygen atoms in total. The van der Waals surface area contributed by atoms with Crippen LogP contribution in [0.1, 0.15) is 70.7 Å². The van der Waals surface area contributed by atoms with E-state index in [0.717, 1.165) is 44.1 Å². The number of hydrogen-bond donors (Lipinski definition) is 0. The summed E-state index contributed by atoms with van der Waals surface area (Å²) in [5.74, 6) is 0.868. The van der Waals surface area contributed by atoms with E-state index < -0.39 is 0 Å². The first kappa shape index (κ1) is 23.3. The van der Waals surface area contributed by atoms with Crippen molar-refractivity contribution in [1.82, 2.24) is 19.9 Å². The Balaban J connectivity index is 1.75. The first-order valence-electron chi connectivity index (χ1n) is 11.2. The Kier molecular flexibility index (Phi) is 8.46. The second-order valence-electron chi connectivity index (χ2n) is 7.98. The highest BCUT2D eigenvalue weighted by molar-refractivity contribution is 6.30. The molecule has 8 heteroatoms. The molecule has 0 saturated carbocycles. The second kappa shape index (κ2) is 11.3. The third kappa shape index (κ3) is 6.06. The van der Waals surface area contributed by atoms with Crippen molar-refractivity contribution in [2.24, 2.45) is 0 Å². The Hall–Kier alpha value is -2.41. The van der Waals surface area contributed by atoms with Gasteiger partial charge in [-0.2, -0.15) is 4.98 Å². The van der Waals surface area contributed by atoms with Crippen molar-refractivity contribution in [3.63, 3.8) is 0 Å². The van der Waals surface area contributed by atoms with Crippen molar-refractivity contribution < 1.29 is 14.1 Å². The number of likely N-dealkylation sites (tertiary alicyclic amines) is 1. The van der Waals surface area contributed by atoms with E-state index in [-0.39, 0.29) is 24.4 Å². The number of benzene rings is 1. The van der Waals surface area contributed by atoms with Gasteiger partial charge in [0, 0.05) is 30.1 Å². The number of rotatable bonds is 9. The molecule has 0 spiro atoms. The van der Waals surface area contributed by atoms with Gasteiger partial charge < -0.3 is 14.3 Å². The maximum absolute atomic E-state index is 13.2. The molecule has 0 N–H and O–H groups in total. The molecule has 1 aromatic heterocycles. The number of carbonyl (C=O) groups excluding carboxylic acids is 2. The molecule has 168 valence electrons. The van der Waals surface area contributed by atoms with Crippen LogP contribution >= 0.6 is 11.6 Å². The molecule has 2 aromatic rings. The van der Waals surface area contributed by atoms with Crippen LogP contribution in [0.5, 0.6) is 0 Å². The molecule has 3 rings (SSSR count). The molecule has 0 aliphatic carbocycles. The minimum atomic E-state index is -0.268. The molecule has 1 aliphatic heterocycles. The molecule has 2 amide bonds. The van der Waals surface area contributed by atoms with Crippen molar-refractivity contribution in [2.45, 2.75) is 64.8 Å². The van der Waals surface area contributed by atoms with Gasteiger partial charge in [0.2, 0.25) is 23.5 Å². The highest BCUT2D eigenvalue weighted by Crippen LogP contribution is 2.31. The summed E-state index contributed by atoms with van der Waals surface area (Å²) in [6.07, 6.45) is 5.78. The molecular weight excluding hydrogens is 416 g/mol. The third-order valence-corrected chi connectivity index (χ3v) is 5.79.